The van der Waals surface area contributed by atoms with E-state index >= 15 is 0 Å². The number of hydrogen-bond acceptors (Lipinski definition) is 3. The molecule has 0 fully saturated rings. The molecule has 14 heavy (non-hydrogen) atoms. The van der Waals surface area contributed by atoms with Crippen LogP contribution < -0.4 is 5.32 Å². The minimum Gasteiger partial charge on any atom is -0.344 e. The van der Waals surface area contributed by atoms with Gasteiger partial charge in [-0.3, -0.25) is 0 Å². The third-order valence-electron chi connectivity index (χ3n) is 2.12. The first-order valence-corrected chi connectivity index (χ1v) is 4.84. The third kappa shape index (κ3) is 2.31. The molecule has 3 heteroatoms. The average Bonchev–Trinajstić information content (AvgIpc) is 2.02. The molecule has 0 aromatic rings. The summed E-state index contributed by atoms with van der Waals surface area (Å²) in [5.41, 5.74) is 3.64. The van der Waals surface area contributed by atoms with Crippen LogP contribution in [0.5, 0.6) is 0 Å². The van der Waals surface area contributed by atoms with E-state index in [-0.39, 0.29) is 0 Å². The molecule has 0 saturated carbocycles. The molecule has 0 saturated heterocycles. The molecule has 0 aromatic heterocycles. The Morgan fingerprint density at radius 1 is 1.50 bits per heavy atom. The second-order valence-corrected chi connectivity index (χ2v) is 3.51. The molecule has 1 heterocycles. The van der Waals surface area contributed by atoms with E-state index in [1.54, 1.807) is 6.92 Å². The Bertz CT molecular complexity index is 346. The van der Waals surface area contributed by atoms with Gasteiger partial charge in [-0.05, 0) is 33.3 Å². The highest BCUT2D eigenvalue weighted by Gasteiger charge is 2.10. The lowest BCUT2D eigenvalue weighted by molar-refractivity contribution is 0.901. The highest BCUT2D eigenvalue weighted by atomic mass is 15.1. The molecule has 0 unspecified atom stereocenters. The highest BCUT2D eigenvalue weighted by molar-refractivity contribution is 5.99. The lowest BCUT2D eigenvalue weighted by Gasteiger charge is -2.16. The van der Waals surface area contributed by atoms with E-state index < -0.39 is 0 Å². The minimum absolute atomic E-state index is 0.584. The maximum atomic E-state index is 7.63. The molecular weight excluding hydrogens is 174 g/mol. The number of aliphatic imine (C=N–C) groups is 1. The van der Waals surface area contributed by atoms with Gasteiger partial charge in [0.05, 0.1) is 0 Å². The summed E-state index contributed by atoms with van der Waals surface area (Å²) in [4.78, 5) is 4.39. The van der Waals surface area contributed by atoms with Crippen molar-refractivity contribution < 1.29 is 0 Å². The summed E-state index contributed by atoms with van der Waals surface area (Å²) in [7, 11) is 0. The molecule has 0 aromatic carbocycles. The number of hydrogen-bond donors (Lipinski definition) is 2. The van der Waals surface area contributed by atoms with Gasteiger partial charge in [0.2, 0.25) is 0 Å². The van der Waals surface area contributed by atoms with Crippen molar-refractivity contribution in [3.8, 4) is 0 Å². The van der Waals surface area contributed by atoms with E-state index in [0.29, 0.717) is 5.71 Å². The van der Waals surface area contributed by atoms with Gasteiger partial charge in [-0.1, -0.05) is 6.92 Å². The van der Waals surface area contributed by atoms with Gasteiger partial charge in [0.15, 0.2) is 0 Å². The van der Waals surface area contributed by atoms with Crippen LogP contribution >= 0.6 is 0 Å². The Kier molecular flexibility index (Phi) is 3.23. The Morgan fingerprint density at radius 2 is 2.14 bits per heavy atom. The van der Waals surface area contributed by atoms with Gasteiger partial charge >= 0.3 is 0 Å². The van der Waals surface area contributed by atoms with E-state index in [1.165, 1.54) is 0 Å². The molecule has 0 spiro atoms. The van der Waals surface area contributed by atoms with Crippen molar-refractivity contribution in [2.24, 2.45) is 4.99 Å². The van der Waals surface area contributed by atoms with Crippen LogP contribution in [-0.2, 0) is 0 Å². The predicted octanol–water partition coefficient (Wildman–Crippen LogP) is 2.62. The summed E-state index contributed by atoms with van der Waals surface area (Å²) in [6.07, 6.45) is 2.83. The maximum absolute atomic E-state index is 7.63. The Morgan fingerprint density at radius 3 is 2.57 bits per heavy atom. The van der Waals surface area contributed by atoms with Crippen LogP contribution in [0.4, 0.5) is 0 Å². The summed E-state index contributed by atoms with van der Waals surface area (Å²) in [6, 6.07) is 0. The molecular formula is C11H17N3. The molecule has 1 rings (SSSR count). The summed E-state index contributed by atoms with van der Waals surface area (Å²) < 4.78 is 0. The SMILES string of the molecule is CC/C(C(C)=N)=C1\N=C(C)C=C(C)N1. The summed E-state index contributed by atoms with van der Waals surface area (Å²) in [6.45, 7) is 7.81. The first kappa shape index (κ1) is 10.7. The van der Waals surface area contributed by atoms with Crippen molar-refractivity contribution in [2.45, 2.75) is 34.1 Å². The number of nitrogens with zero attached hydrogens (tertiary/aromatic N) is 1. The van der Waals surface area contributed by atoms with Crippen LogP contribution in [-0.4, -0.2) is 11.4 Å². The fraction of sp³-hybridized carbons (Fsp3) is 0.455. The first-order chi connectivity index (χ1) is 6.54. The second kappa shape index (κ2) is 4.22. The minimum atomic E-state index is 0.584. The van der Waals surface area contributed by atoms with Crippen LogP contribution in [0.3, 0.4) is 0 Å². The van der Waals surface area contributed by atoms with Gasteiger partial charge < -0.3 is 10.7 Å². The van der Waals surface area contributed by atoms with E-state index in [4.69, 9.17) is 5.41 Å². The van der Waals surface area contributed by atoms with Gasteiger partial charge in [-0.2, -0.15) is 0 Å². The van der Waals surface area contributed by atoms with Gasteiger partial charge in [-0.15, -0.1) is 0 Å². The van der Waals surface area contributed by atoms with Crippen LogP contribution in [0.15, 0.2) is 28.2 Å². The van der Waals surface area contributed by atoms with Crippen molar-refractivity contribution >= 4 is 11.4 Å². The molecule has 0 amide bonds. The highest BCUT2D eigenvalue weighted by Crippen LogP contribution is 2.14. The summed E-state index contributed by atoms with van der Waals surface area (Å²) in [5.74, 6) is 0.831. The zero-order chi connectivity index (χ0) is 10.7. The molecule has 0 aliphatic carbocycles. The van der Waals surface area contributed by atoms with Crippen molar-refractivity contribution in [3.63, 3.8) is 0 Å². The van der Waals surface area contributed by atoms with E-state index in [2.05, 4.69) is 10.3 Å². The van der Waals surface area contributed by atoms with Crippen molar-refractivity contribution in [2.75, 3.05) is 0 Å². The smallest absolute Gasteiger partial charge is 0.135 e. The van der Waals surface area contributed by atoms with Crippen LogP contribution in [0.25, 0.3) is 0 Å². The molecule has 2 N–H and O–H groups in total. The first-order valence-electron chi connectivity index (χ1n) is 4.84. The predicted molar refractivity (Wildman–Crippen MR) is 60.7 cm³/mol. The van der Waals surface area contributed by atoms with E-state index in [1.807, 2.05) is 26.8 Å². The summed E-state index contributed by atoms with van der Waals surface area (Å²) >= 11 is 0. The Hall–Kier alpha value is -1.38. The topological polar surface area (TPSA) is 48.2 Å². The van der Waals surface area contributed by atoms with Gasteiger partial charge in [0, 0.05) is 22.7 Å². The number of rotatable bonds is 2. The van der Waals surface area contributed by atoms with E-state index in [9.17, 15) is 0 Å². The van der Waals surface area contributed by atoms with Crippen LogP contribution in [0, 0.1) is 5.41 Å². The fourth-order valence-corrected chi connectivity index (χ4v) is 1.53. The molecule has 76 valence electrons. The zero-order valence-corrected chi connectivity index (χ0v) is 9.23. The molecule has 0 atom stereocenters. The lowest BCUT2D eigenvalue weighted by Crippen LogP contribution is -2.19. The normalized spacial score (nSPS) is 19.4. The summed E-state index contributed by atoms with van der Waals surface area (Å²) in [5, 5.41) is 10.8. The second-order valence-electron chi connectivity index (χ2n) is 3.51. The van der Waals surface area contributed by atoms with Crippen LogP contribution in [0.2, 0.25) is 0 Å². The lowest BCUT2D eigenvalue weighted by atomic mass is 10.1. The third-order valence-corrected chi connectivity index (χ3v) is 2.12. The maximum Gasteiger partial charge on any atom is 0.135 e. The molecule has 0 bridgehead atoms. The van der Waals surface area contributed by atoms with Crippen molar-refractivity contribution in [1.82, 2.24) is 5.32 Å². The Labute approximate surface area is 85.1 Å². The van der Waals surface area contributed by atoms with Gasteiger partial charge in [0.1, 0.15) is 5.82 Å². The molecule has 1 aliphatic rings. The van der Waals surface area contributed by atoms with Gasteiger partial charge in [0.25, 0.3) is 0 Å². The molecule has 0 radical (unpaired) electrons. The quantitative estimate of drug-likeness (QED) is 0.647. The fourth-order valence-electron chi connectivity index (χ4n) is 1.53. The average molecular weight is 191 g/mol. The molecule has 3 nitrogen and oxygen atoms in total. The Balaban J connectivity index is 3.11. The largest absolute Gasteiger partial charge is 0.344 e. The van der Waals surface area contributed by atoms with Crippen molar-refractivity contribution in [3.05, 3.63) is 23.2 Å². The van der Waals surface area contributed by atoms with Gasteiger partial charge in [-0.25, -0.2) is 4.99 Å². The standard InChI is InChI=1S/C11H17N3/c1-5-10(9(4)12)11-13-7(2)6-8(3)14-11/h6,12-13H,5H2,1-4H3/b11-10+,12-9?. The van der Waals surface area contributed by atoms with Crippen molar-refractivity contribution in [1.29, 1.82) is 5.41 Å². The van der Waals surface area contributed by atoms with Crippen LogP contribution in [0.1, 0.15) is 34.1 Å². The van der Waals surface area contributed by atoms with E-state index in [0.717, 1.165) is 29.2 Å². The number of nitrogens with one attached hydrogen (secondary N) is 2. The monoisotopic (exact) mass is 191 g/mol. The number of allylic oxidation sites excluding steroid dienone is 3. The zero-order valence-electron chi connectivity index (χ0n) is 9.23. The molecule has 1 aliphatic heterocycles.